The van der Waals surface area contributed by atoms with Crippen LogP contribution in [0, 0.1) is 0 Å². The molecule has 1 saturated heterocycles. The van der Waals surface area contributed by atoms with Crippen LogP contribution >= 0.6 is 0 Å². The van der Waals surface area contributed by atoms with Crippen LogP contribution in [0.5, 0.6) is 0 Å². The van der Waals surface area contributed by atoms with Crippen LogP contribution in [-0.2, 0) is 18.9 Å². The van der Waals surface area contributed by atoms with Gasteiger partial charge in [-0.05, 0) is 6.92 Å². The number of rotatable bonds is 3. The second kappa shape index (κ2) is 4.91. The molecule has 0 aliphatic carbocycles. The standard InChI is InChI=1S/C9H18O4/c1-6-8(11-3)9(12-4)7(10-2)5-13-6/h6-9H,5H2,1-4H3/t6-,7-,8-,9-/m0/s1. The smallest absolute Gasteiger partial charge is 0.114 e. The lowest BCUT2D eigenvalue weighted by Gasteiger charge is -2.39. The highest BCUT2D eigenvalue weighted by atomic mass is 16.6. The van der Waals surface area contributed by atoms with Crippen LogP contribution in [0.15, 0.2) is 0 Å². The third-order valence-corrected chi connectivity index (χ3v) is 2.52. The third-order valence-electron chi connectivity index (χ3n) is 2.52. The van der Waals surface area contributed by atoms with Crippen LogP contribution < -0.4 is 0 Å². The van der Waals surface area contributed by atoms with Crippen molar-refractivity contribution < 1.29 is 18.9 Å². The highest BCUT2D eigenvalue weighted by Crippen LogP contribution is 2.21. The summed E-state index contributed by atoms with van der Waals surface area (Å²) in [6, 6.07) is 0. The predicted octanol–water partition coefficient (Wildman–Crippen LogP) is 0.450. The zero-order valence-corrected chi connectivity index (χ0v) is 8.65. The van der Waals surface area contributed by atoms with Crippen molar-refractivity contribution in [3.05, 3.63) is 0 Å². The summed E-state index contributed by atoms with van der Waals surface area (Å²) in [4.78, 5) is 0. The summed E-state index contributed by atoms with van der Waals surface area (Å²) in [6.45, 7) is 2.54. The van der Waals surface area contributed by atoms with Crippen LogP contribution in [-0.4, -0.2) is 52.4 Å². The first-order chi connectivity index (χ1) is 6.24. The number of ether oxygens (including phenoxy) is 4. The van der Waals surface area contributed by atoms with Crippen molar-refractivity contribution >= 4 is 0 Å². The summed E-state index contributed by atoms with van der Waals surface area (Å²) in [5, 5.41) is 0. The molecule has 0 N–H and O–H groups in total. The van der Waals surface area contributed by atoms with E-state index in [9.17, 15) is 0 Å². The molecule has 0 amide bonds. The largest absolute Gasteiger partial charge is 0.376 e. The van der Waals surface area contributed by atoms with E-state index in [0.717, 1.165) is 0 Å². The van der Waals surface area contributed by atoms with Crippen molar-refractivity contribution in [2.24, 2.45) is 0 Å². The van der Waals surface area contributed by atoms with Crippen LogP contribution in [0.1, 0.15) is 6.92 Å². The lowest BCUT2D eigenvalue weighted by molar-refractivity contribution is -0.206. The summed E-state index contributed by atoms with van der Waals surface area (Å²) in [7, 11) is 4.98. The molecule has 0 aromatic carbocycles. The van der Waals surface area contributed by atoms with E-state index in [-0.39, 0.29) is 24.4 Å². The molecule has 4 atom stereocenters. The Morgan fingerprint density at radius 1 is 1.00 bits per heavy atom. The first-order valence-electron chi connectivity index (χ1n) is 4.44. The van der Waals surface area contributed by atoms with Crippen molar-refractivity contribution in [2.45, 2.75) is 31.3 Å². The Hall–Kier alpha value is -0.160. The van der Waals surface area contributed by atoms with Gasteiger partial charge in [-0.1, -0.05) is 0 Å². The van der Waals surface area contributed by atoms with Gasteiger partial charge in [-0.3, -0.25) is 0 Å². The zero-order chi connectivity index (χ0) is 9.84. The maximum absolute atomic E-state index is 5.49. The molecule has 4 nitrogen and oxygen atoms in total. The van der Waals surface area contributed by atoms with Gasteiger partial charge in [-0.25, -0.2) is 0 Å². The van der Waals surface area contributed by atoms with Gasteiger partial charge in [-0.15, -0.1) is 0 Å². The molecule has 0 aromatic heterocycles. The monoisotopic (exact) mass is 190 g/mol. The van der Waals surface area contributed by atoms with Gasteiger partial charge in [0.2, 0.25) is 0 Å². The molecule has 0 aromatic rings. The summed E-state index contributed by atoms with van der Waals surface area (Å²) in [5.41, 5.74) is 0. The van der Waals surface area contributed by atoms with Crippen molar-refractivity contribution in [2.75, 3.05) is 27.9 Å². The second-order valence-corrected chi connectivity index (χ2v) is 3.21. The topological polar surface area (TPSA) is 36.9 Å². The molecule has 1 fully saturated rings. The number of hydrogen-bond acceptors (Lipinski definition) is 4. The molecule has 1 aliphatic rings. The van der Waals surface area contributed by atoms with Gasteiger partial charge in [0, 0.05) is 21.3 Å². The number of hydrogen-bond donors (Lipinski definition) is 0. The molecule has 13 heavy (non-hydrogen) atoms. The van der Waals surface area contributed by atoms with Gasteiger partial charge >= 0.3 is 0 Å². The van der Waals surface area contributed by atoms with Crippen molar-refractivity contribution in [1.29, 1.82) is 0 Å². The van der Waals surface area contributed by atoms with Gasteiger partial charge in [0.25, 0.3) is 0 Å². The molecule has 78 valence electrons. The lowest BCUT2D eigenvalue weighted by atomic mass is 10.0. The summed E-state index contributed by atoms with van der Waals surface area (Å²) in [6.07, 6.45) is -0.0741. The Kier molecular flexibility index (Phi) is 4.12. The maximum Gasteiger partial charge on any atom is 0.114 e. The van der Waals surface area contributed by atoms with Gasteiger partial charge in [0.1, 0.15) is 18.3 Å². The van der Waals surface area contributed by atoms with E-state index in [2.05, 4.69) is 0 Å². The van der Waals surface area contributed by atoms with Crippen LogP contribution in [0.2, 0.25) is 0 Å². The van der Waals surface area contributed by atoms with Gasteiger partial charge < -0.3 is 18.9 Å². The molecular formula is C9H18O4. The van der Waals surface area contributed by atoms with Crippen LogP contribution in [0.3, 0.4) is 0 Å². The Morgan fingerprint density at radius 3 is 2.08 bits per heavy atom. The second-order valence-electron chi connectivity index (χ2n) is 3.21. The molecule has 4 heteroatoms. The van der Waals surface area contributed by atoms with E-state index in [1.54, 1.807) is 21.3 Å². The Morgan fingerprint density at radius 2 is 1.62 bits per heavy atom. The highest BCUT2D eigenvalue weighted by Gasteiger charge is 2.39. The van der Waals surface area contributed by atoms with Gasteiger partial charge in [-0.2, -0.15) is 0 Å². The molecule has 0 radical (unpaired) electrons. The van der Waals surface area contributed by atoms with E-state index in [1.807, 2.05) is 6.92 Å². The van der Waals surface area contributed by atoms with Crippen molar-refractivity contribution in [1.82, 2.24) is 0 Å². The number of methoxy groups -OCH3 is 3. The fraction of sp³-hybridized carbons (Fsp3) is 1.00. The minimum absolute atomic E-state index is 0.0360. The fourth-order valence-corrected chi connectivity index (χ4v) is 1.73. The highest BCUT2D eigenvalue weighted by molar-refractivity contribution is 4.87. The van der Waals surface area contributed by atoms with Crippen LogP contribution in [0.25, 0.3) is 0 Å². The molecule has 1 rings (SSSR count). The molecule has 1 heterocycles. The molecule has 0 unspecified atom stereocenters. The third kappa shape index (κ3) is 2.20. The SMILES string of the molecule is CO[C@@H]1[C@@H](OC)[C@@H](OC)CO[C@H]1C. The Bertz CT molecular complexity index is 151. The minimum atomic E-state index is -0.0521. The minimum Gasteiger partial charge on any atom is -0.376 e. The van der Waals surface area contributed by atoms with Crippen molar-refractivity contribution in [3.63, 3.8) is 0 Å². The Labute approximate surface area is 79.1 Å². The van der Waals surface area contributed by atoms with E-state index in [1.165, 1.54) is 0 Å². The molecule has 1 aliphatic heterocycles. The summed E-state index contributed by atoms with van der Waals surface area (Å²) in [5.74, 6) is 0. The fourth-order valence-electron chi connectivity index (χ4n) is 1.73. The molecule has 0 spiro atoms. The van der Waals surface area contributed by atoms with Gasteiger partial charge in [0.15, 0.2) is 0 Å². The van der Waals surface area contributed by atoms with Gasteiger partial charge in [0.05, 0.1) is 12.7 Å². The summed E-state index contributed by atoms with van der Waals surface area (Å²) >= 11 is 0. The zero-order valence-electron chi connectivity index (χ0n) is 8.65. The van der Waals surface area contributed by atoms with Crippen molar-refractivity contribution in [3.8, 4) is 0 Å². The van der Waals surface area contributed by atoms with E-state index < -0.39 is 0 Å². The maximum atomic E-state index is 5.49. The summed E-state index contributed by atoms with van der Waals surface area (Å²) < 4.78 is 21.4. The average Bonchev–Trinajstić information content (AvgIpc) is 2.17. The first kappa shape index (κ1) is 10.9. The predicted molar refractivity (Wildman–Crippen MR) is 47.8 cm³/mol. The van der Waals surface area contributed by atoms with E-state index in [4.69, 9.17) is 18.9 Å². The normalized spacial score (nSPS) is 40.6. The van der Waals surface area contributed by atoms with E-state index >= 15 is 0 Å². The van der Waals surface area contributed by atoms with E-state index in [0.29, 0.717) is 6.61 Å². The lowest BCUT2D eigenvalue weighted by Crippen LogP contribution is -2.54. The molecule has 0 bridgehead atoms. The molecular weight excluding hydrogens is 172 g/mol. The average molecular weight is 190 g/mol. The first-order valence-corrected chi connectivity index (χ1v) is 4.44. The molecule has 0 saturated carbocycles. The van der Waals surface area contributed by atoms with Crippen LogP contribution in [0.4, 0.5) is 0 Å². The quantitative estimate of drug-likeness (QED) is 0.647. The Balaban J connectivity index is 2.64.